The molecule has 0 saturated carbocycles. The van der Waals surface area contributed by atoms with E-state index in [1.54, 1.807) is 24.3 Å². The van der Waals surface area contributed by atoms with Crippen molar-refractivity contribution in [1.29, 1.82) is 0 Å². The highest BCUT2D eigenvalue weighted by Crippen LogP contribution is 2.22. The molecule has 1 fully saturated rings. The van der Waals surface area contributed by atoms with Crippen molar-refractivity contribution in [3.8, 4) is 0 Å². The molecule has 1 heterocycles. The second kappa shape index (κ2) is 4.06. The van der Waals surface area contributed by atoms with E-state index >= 15 is 0 Å². The van der Waals surface area contributed by atoms with Gasteiger partial charge in [0.2, 0.25) is 11.8 Å². The zero-order valence-electron chi connectivity index (χ0n) is 8.20. The zero-order valence-corrected chi connectivity index (χ0v) is 8.95. The second-order valence-corrected chi connectivity index (χ2v) is 3.92. The standard InChI is InChI=1S/C11H8ClNO3/c12-8-4-2-1-3-6(8)10(15)7-5-9(14)13-11(7)16/h1-4,7H,5H2,(H,13,14,16). The minimum absolute atomic E-state index is 0.0944. The maximum absolute atomic E-state index is 11.9. The Hall–Kier alpha value is -1.68. The summed E-state index contributed by atoms with van der Waals surface area (Å²) in [6.45, 7) is 0. The highest BCUT2D eigenvalue weighted by molar-refractivity contribution is 6.35. The van der Waals surface area contributed by atoms with Crippen molar-refractivity contribution in [2.45, 2.75) is 6.42 Å². The molecule has 1 unspecified atom stereocenters. The Morgan fingerprint density at radius 2 is 2.00 bits per heavy atom. The fraction of sp³-hybridized carbons (Fsp3) is 0.182. The van der Waals surface area contributed by atoms with E-state index in [1.165, 1.54) is 0 Å². The molecule has 1 aliphatic heterocycles. The summed E-state index contributed by atoms with van der Waals surface area (Å²) in [5.74, 6) is -2.31. The van der Waals surface area contributed by atoms with Gasteiger partial charge in [-0.3, -0.25) is 19.7 Å². The van der Waals surface area contributed by atoms with E-state index in [-0.39, 0.29) is 12.0 Å². The SMILES string of the molecule is O=C1CC(C(=O)c2ccccc2Cl)C(=O)N1. The van der Waals surface area contributed by atoms with Crippen molar-refractivity contribution in [2.75, 3.05) is 0 Å². The van der Waals surface area contributed by atoms with Crippen LogP contribution in [-0.4, -0.2) is 17.6 Å². The Balaban J connectivity index is 2.30. The molecule has 0 spiro atoms. The molecule has 0 bridgehead atoms. The number of benzene rings is 1. The fourth-order valence-electron chi connectivity index (χ4n) is 1.61. The van der Waals surface area contributed by atoms with E-state index in [0.717, 1.165) is 0 Å². The van der Waals surface area contributed by atoms with Crippen molar-refractivity contribution in [3.05, 3.63) is 34.9 Å². The van der Waals surface area contributed by atoms with Crippen molar-refractivity contribution in [1.82, 2.24) is 5.32 Å². The molecule has 4 nitrogen and oxygen atoms in total. The molecule has 2 amide bonds. The Morgan fingerprint density at radius 1 is 1.31 bits per heavy atom. The number of Topliss-reactive ketones (excluding diaryl/α,β-unsaturated/α-hetero) is 1. The van der Waals surface area contributed by atoms with E-state index in [0.29, 0.717) is 5.02 Å². The predicted molar refractivity (Wildman–Crippen MR) is 57.0 cm³/mol. The number of hydrogen-bond donors (Lipinski definition) is 1. The monoisotopic (exact) mass is 237 g/mol. The van der Waals surface area contributed by atoms with Crippen molar-refractivity contribution in [3.63, 3.8) is 0 Å². The van der Waals surface area contributed by atoms with Gasteiger partial charge >= 0.3 is 0 Å². The van der Waals surface area contributed by atoms with Gasteiger partial charge in [-0.1, -0.05) is 23.7 Å². The molecule has 1 aliphatic rings. The summed E-state index contributed by atoms with van der Waals surface area (Å²) < 4.78 is 0. The van der Waals surface area contributed by atoms with Crippen LogP contribution in [0.1, 0.15) is 16.8 Å². The third kappa shape index (κ3) is 1.84. The van der Waals surface area contributed by atoms with E-state index in [2.05, 4.69) is 5.32 Å². The summed E-state index contributed by atoms with van der Waals surface area (Å²) in [6, 6.07) is 6.47. The molecule has 0 aromatic heterocycles. The maximum Gasteiger partial charge on any atom is 0.238 e. The predicted octanol–water partition coefficient (Wildman–Crippen LogP) is 1.19. The van der Waals surface area contributed by atoms with Crippen LogP contribution in [-0.2, 0) is 9.59 Å². The molecule has 0 radical (unpaired) electrons. The quantitative estimate of drug-likeness (QED) is 0.477. The Kier molecular flexibility index (Phi) is 2.75. The van der Waals surface area contributed by atoms with Gasteiger partial charge in [0.1, 0.15) is 5.92 Å². The van der Waals surface area contributed by atoms with Crippen molar-refractivity contribution in [2.24, 2.45) is 5.92 Å². The van der Waals surface area contributed by atoms with E-state index in [1.807, 2.05) is 0 Å². The van der Waals surface area contributed by atoms with Crippen LogP contribution in [0.15, 0.2) is 24.3 Å². The molecule has 1 aromatic rings. The highest BCUT2D eigenvalue weighted by Gasteiger charge is 2.37. The molecular weight excluding hydrogens is 230 g/mol. The summed E-state index contributed by atoms with van der Waals surface area (Å²) >= 11 is 5.84. The lowest BCUT2D eigenvalue weighted by atomic mass is 9.96. The van der Waals surface area contributed by atoms with Gasteiger partial charge in [0.25, 0.3) is 0 Å². The van der Waals surface area contributed by atoms with E-state index in [9.17, 15) is 14.4 Å². The zero-order chi connectivity index (χ0) is 11.7. The van der Waals surface area contributed by atoms with Gasteiger partial charge in [-0.05, 0) is 12.1 Å². The van der Waals surface area contributed by atoms with Crippen LogP contribution in [0.2, 0.25) is 5.02 Å². The first-order valence-corrected chi connectivity index (χ1v) is 5.10. The van der Waals surface area contributed by atoms with Gasteiger partial charge in [0.05, 0.1) is 5.02 Å². The lowest BCUT2D eigenvalue weighted by Crippen LogP contribution is -2.26. The fourth-order valence-corrected chi connectivity index (χ4v) is 1.84. The minimum atomic E-state index is -0.938. The van der Waals surface area contributed by atoms with Gasteiger partial charge in [-0.15, -0.1) is 0 Å². The molecule has 2 rings (SSSR count). The largest absolute Gasteiger partial charge is 0.296 e. The molecule has 1 N–H and O–H groups in total. The van der Waals surface area contributed by atoms with Crippen LogP contribution in [0.4, 0.5) is 0 Å². The van der Waals surface area contributed by atoms with Crippen LogP contribution >= 0.6 is 11.6 Å². The second-order valence-electron chi connectivity index (χ2n) is 3.51. The Bertz CT molecular complexity index is 484. The van der Waals surface area contributed by atoms with Crippen LogP contribution in [0.3, 0.4) is 0 Å². The number of carbonyl (C=O) groups excluding carboxylic acids is 3. The first-order valence-electron chi connectivity index (χ1n) is 4.72. The summed E-state index contributed by atoms with van der Waals surface area (Å²) in [4.78, 5) is 34.2. The number of halogens is 1. The van der Waals surface area contributed by atoms with Gasteiger partial charge in [0.15, 0.2) is 5.78 Å². The molecule has 1 aromatic carbocycles. The number of imide groups is 1. The first kappa shape index (κ1) is 10.8. The summed E-state index contributed by atoms with van der Waals surface area (Å²) in [6.07, 6.45) is -0.0944. The van der Waals surface area contributed by atoms with Gasteiger partial charge in [0, 0.05) is 12.0 Å². The van der Waals surface area contributed by atoms with Gasteiger partial charge < -0.3 is 0 Å². The lowest BCUT2D eigenvalue weighted by Gasteiger charge is -2.06. The van der Waals surface area contributed by atoms with E-state index < -0.39 is 23.5 Å². The molecule has 1 atom stereocenters. The maximum atomic E-state index is 11.9. The third-order valence-corrected chi connectivity index (χ3v) is 2.75. The lowest BCUT2D eigenvalue weighted by molar-refractivity contribution is -0.125. The average Bonchev–Trinajstić information content (AvgIpc) is 2.58. The van der Waals surface area contributed by atoms with Crippen LogP contribution in [0.25, 0.3) is 0 Å². The third-order valence-electron chi connectivity index (χ3n) is 2.42. The number of nitrogens with one attached hydrogen (secondary N) is 1. The summed E-state index contributed by atoms with van der Waals surface area (Å²) in [5.41, 5.74) is 0.277. The van der Waals surface area contributed by atoms with Crippen molar-refractivity contribution < 1.29 is 14.4 Å². The molecule has 0 aliphatic carbocycles. The molecular formula is C11H8ClNO3. The van der Waals surface area contributed by atoms with Gasteiger partial charge in [-0.2, -0.15) is 0 Å². The number of ketones is 1. The van der Waals surface area contributed by atoms with Crippen LogP contribution in [0.5, 0.6) is 0 Å². The normalized spacial score (nSPS) is 19.7. The molecule has 16 heavy (non-hydrogen) atoms. The number of amides is 2. The summed E-state index contributed by atoms with van der Waals surface area (Å²) in [5, 5.41) is 2.39. The topological polar surface area (TPSA) is 63.2 Å². The van der Waals surface area contributed by atoms with Crippen LogP contribution in [0, 0.1) is 5.92 Å². The highest BCUT2D eigenvalue weighted by atomic mass is 35.5. The molecule has 82 valence electrons. The average molecular weight is 238 g/mol. The number of carbonyl (C=O) groups is 3. The van der Waals surface area contributed by atoms with Crippen LogP contribution < -0.4 is 5.32 Å². The Morgan fingerprint density at radius 3 is 2.56 bits per heavy atom. The smallest absolute Gasteiger partial charge is 0.238 e. The van der Waals surface area contributed by atoms with Gasteiger partial charge in [-0.25, -0.2) is 0 Å². The molecule has 1 saturated heterocycles. The number of hydrogen-bond acceptors (Lipinski definition) is 3. The van der Waals surface area contributed by atoms with E-state index in [4.69, 9.17) is 11.6 Å². The minimum Gasteiger partial charge on any atom is -0.296 e. The first-order chi connectivity index (χ1) is 7.59. The number of rotatable bonds is 2. The van der Waals surface area contributed by atoms with Crippen molar-refractivity contribution >= 4 is 29.2 Å². The molecule has 5 heteroatoms. The Labute approximate surface area is 96.6 Å². The summed E-state index contributed by atoms with van der Waals surface area (Å²) in [7, 11) is 0.